The molecule has 2 heterocycles. The molecule has 42 heavy (non-hydrogen) atoms. The number of halogens is 2. The third kappa shape index (κ3) is 5.50. The van der Waals surface area contributed by atoms with Crippen molar-refractivity contribution in [1.29, 1.82) is 0 Å². The molecule has 5 rings (SSSR count). The summed E-state index contributed by atoms with van der Waals surface area (Å²) >= 11 is 0. The maximum absolute atomic E-state index is 16.7. The lowest BCUT2D eigenvalue weighted by atomic mass is 9.87. The fourth-order valence-electron chi connectivity index (χ4n) is 7.67. The summed E-state index contributed by atoms with van der Waals surface area (Å²) in [6, 6.07) is 9.48. The molecule has 2 aliphatic heterocycles. The average Bonchev–Trinajstić information content (AvgIpc) is 3.53. The van der Waals surface area contributed by atoms with Gasteiger partial charge in [-0.05, 0) is 123 Å². The van der Waals surface area contributed by atoms with E-state index in [2.05, 4.69) is 29.6 Å². The van der Waals surface area contributed by atoms with Gasteiger partial charge in [-0.15, -0.1) is 0 Å². The van der Waals surface area contributed by atoms with Crippen LogP contribution >= 0.6 is 0 Å². The van der Waals surface area contributed by atoms with E-state index >= 15 is 8.78 Å². The van der Waals surface area contributed by atoms with Crippen molar-refractivity contribution in [3.05, 3.63) is 64.2 Å². The molecule has 224 valence electrons. The Morgan fingerprint density at radius 1 is 1.07 bits per heavy atom. The second kappa shape index (κ2) is 12.6. The van der Waals surface area contributed by atoms with Crippen molar-refractivity contribution >= 4 is 29.0 Å². The van der Waals surface area contributed by atoms with E-state index in [0.29, 0.717) is 41.0 Å². The lowest BCUT2D eigenvalue weighted by Gasteiger charge is -2.32. The first-order valence-electron chi connectivity index (χ1n) is 15.8. The predicted octanol–water partition coefficient (Wildman–Crippen LogP) is 8.66. The number of amidine groups is 1. The van der Waals surface area contributed by atoms with E-state index in [1.807, 2.05) is 51.0 Å². The van der Waals surface area contributed by atoms with Crippen LogP contribution in [0.4, 0.5) is 14.5 Å². The van der Waals surface area contributed by atoms with Crippen LogP contribution in [0.5, 0.6) is 0 Å². The first kappa shape index (κ1) is 30.3. The molecule has 0 aliphatic carbocycles. The number of rotatable bonds is 10. The molecule has 2 fully saturated rings. The highest BCUT2D eigenvalue weighted by Crippen LogP contribution is 2.43. The largest absolute Gasteiger partial charge is 0.362 e. The van der Waals surface area contributed by atoms with Gasteiger partial charge in [0.25, 0.3) is 0 Å². The van der Waals surface area contributed by atoms with Gasteiger partial charge in [0, 0.05) is 37.3 Å². The smallest absolute Gasteiger partial charge is 0.157 e. The maximum Gasteiger partial charge on any atom is 0.157 e. The summed E-state index contributed by atoms with van der Waals surface area (Å²) < 4.78 is 31.8. The minimum absolute atomic E-state index is 0.197. The molecule has 3 aromatic carbocycles. The molecular formula is C36H46F2N4. The number of fused-ring (bicyclic) bond motifs is 2. The van der Waals surface area contributed by atoms with Gasteiger partial charge in [-0.2, -0.15) is 0 Å². The molecule has 0 spiro atoms. The lowest BCUT2D eigenvalue weighted by Crippen LogP contribution is -2.38. The summed E-state index contributed by atoms with van der Waals surface area (Å²) in [5.41, 5.74) is 4.90. The molecule has 0 saturated carbocycles. The summed E-state index contributed by atoms with van der Waals surface area (Å²) in [6.07, 6.45) is 9.71. The van der Waals surface area contributed by atoms with Gasteiger partial charge in [-0.1, -0.05) is 38.5 Å². The van der Waals surface area contributed by atoms with E-state index in [9.17, 15) is 0 Å². The van der Waals surface area contributed by atoms with Crippen molar-refractivity contribution in [2.24, 2.45) is 9.98 Å². The van der Waals surface area contributed by atoms with Crippen molar-refractivity contribution in [2.75, 3.05) is 33.7 Å². The minimum atomic E-state index is -0.428. The van der Waals surface area contributed by atoms with Crippen LogP contribution in [0, 0.1) is 18.6 Å². The first-order valence-corrected chi connectivity index (χ1v) is 15.8. The zero-order chi connectivity index (χ0) is 30.0. The van der Waals surface area contributed by atoms with Gasteiger partial charge in [-0.3, -0.25) is 14.9 Å². The molecule has 2 saturated heterocycles. The maximum atomic E-state index is 16.7. The Bertz CT molecular complexity index is 1500. The summed E-state index contributed by atoms with van der Waals surface area (Å²) in [5.74, 6) is 0.0245. The van der Waals surface area contributed by atoms with Crippen molar-refractivity contribution in [3.8, 4) is 11.1 Å². The van der Waals surface area contributed by atoms with Crippen molar-refractivity contribution in [3.63, 3.8) is 0 Å². The molecule has 0 amide bonds. The predicted molar refractivity (Wildman–Crippen MR) is 174 cm³/mol. The first-order chi connectivity index (χ1) is 20.2. The van der Waals surface area contributed by atoms with Crippen LogP contribution in [-0.4, -0.2) is 61.6 Å². The third-order valence-corrected chi connectivity index (χ3v) is 9.52. The van der Waals surface area contributed by atoms with E-state index in [0.717, 1.165) is 53.1 Å². The van der Waals surface area contributed by atoms with Crippen LogP contribution < -0.4 is 0 Å². The minimum Gasteiger partial charge on any atom is -0.362 e. The highest BCUT2D eigenvalue weighted by Gasteiger charge is 2.43. The van der Waals surface area contributed by atoms with Gasteiger partial charge < -0.3 is 4.90 Å². The quantitative estimate of drug-likeness (QED) is 0.138. The normalized spacial score (nSPS) is 16.8. The number of nitrogens with zero attached hydrogens (tertiary/aromatic N) is 4. The summed E-state index contributed by atoms with van der Waals surface area (Å²) in [4.78, 5) is 13.9. The van der Waals surface area contributed by atoms with Crippen molar-refractivity contribution in [2.45, 2.75) is 84.1 Å². The van der Waals surface area contributed by atoms with E-state index in [-0.39, 0.29) is 11.5 Å². The topological polar surface area (TPSA) is 31.2 Å². The molecule has 0 aromatic heterocycles. The van der Waals surface area contributed by atoms with Crippen molar-refractivity contribution in [1.82, 2.24) is 9.80 Å². The molecule has 0 unspecified atom stereocenters. The third-order valence-electron chi connectivity index (χ3n) is 9.52. The second-order valence-electron chi connectivity index (χ2n) is 12.4. The van der Waals surface area contributed by atoms with E-state index in [1.165, 1.54) is 44.8 Å². The Balaban J connectivity index is 1.57. The summed E-state index contributed by atoms with van der Waals surface area (Å²) in [5, 5.41) is 1.71. The molecule has 4 nitrogen and oxygen atoms in total. The van der Waals surface area contributed by atoms with Crippen LogP contribution in [0.1, 0.15) is 81.0 Å². The SMILES string of the molecule is C=Nc1c(/C(=N\CCCC23CCCN2CCC3)N(C)C)cc(C)c(-c2cc(CCC)cc3ccc(F)c(CC)c23)c1F. The van der Waals surface area contributed by atoms with E-state index in [4.69, 9.17) is 4.99 Å². The molecule has 2 aliphatic rings. The monoisotopic (exact) mass is 572 g/mol. The fraction of sp³-hybridized carbons (Fsp3) is 0.500. The van der Waals surface area contributed by atoms with Crippen LogP contribution in [0.15, 0.2) is 40.3 Å². The van der Waals surface area contributed by atoms with Crippen LogP contribution in [0.25, 0.3) is 21.9 Å². The zero-order valence-electron chi connectivity index (χ0n) is 26.1. The number of benzene rings is 3. The van der Waals surface area contributed by atoms with Gasteiger partial charge in [-0.25, -0.2) is 8.78 Å². The lowest BCUT2D eigenvalue weighted by molar-refractivity contribution is 0.180. The van der Waals surface area contributed by atoms with Gasteiger partial charge in [0.2, 0.25) is 0 Å². The average molecular weight is 573 g/mol. The molecule has 0 atom stereocenters. The molecule has 6 heteroatoms. The Morgan fingerprint density at radius 3 is 2.45 bits per heavy atom. The summed E-state index contributed by atoms with van der Waals surface area (Å²) in [7, 11) is 3.89. The summed E-state index contributed by atoms with van der Waals surface area (Å²) in [6.45, 7) is 12.9. The molecule has 0 radical (unpaired) electrons. The van der Waals surface area contributed by atoms with Crippen molar-refractivity contribution < 1.29 is 8.78 Å². The van der Waals surface area contributed by atoms with E-state index in [1.54, 1.807) is 0 Å². The Labute approximate surface area is 250 Å². The molecule has 3 aromatic rings. The molecular weight excluding hydrogens is 526 g/mol. The highest BCUT2D eigenvalue weighted by atomic mass is 19.1. The number of aryl methyl sites for hydroxylation is 3. The van der Waals surface area contributed by atoms with Crippen LogP contribution in [-0.2, 0) is 12.8 Å². The zero-order valence-corrected chi connectivity index (χ0v) is 26.1. The fourth-order valence-corrected chi connectivity index (χ4v) is 7.67. The number of hydrogen-bond donors (Lipinski definition) is 0. The van der Waals surface area contributed by atoms with Gasteiger partial charge in [0.05, 0.1) is 0 Å². The Morgan fingerprint density at radius 2 is 1.81 bits per heavy atom. The Hall–Kier alpha value is -3.12. The number of hydrogen-bond acceptors (Lipinski definition) is 3. The Kier molecular flexibility index (Phi) is 9.12. The standard InChI is InChI=1S/C36H46F2N4/c1-7-12-25-22-26-13-14-30(37)27(8-2)32(26)28(23-25)31-24(3)21-29(34(39-4)33(31)38)35(41(5)6)40-18-9-15-36-16-10-19-42(36)20-11-17-36/h13-14,21-23H,4,7-12,15-20H2,1-3,5-6H3/b40-35+. The van der Waals surface area contributed by atoms with Crippen LogP contribution in [0.2, 0.25) is 0 Å². The second-order valence-corrected chi connectivity index (χ2v) is 12.4. The van der Waals surface area contributed by atoms with Gasteiger partial charge in [0.1, 0.15) is 17.3 Å². The number of aliphatic imine (C=N–C) groups is 2. The molecule has 0 N–H and O–H groups in total. The van der Waals surface area contributed by atoms with E-state index < -0.39 is 5.82 Å². The van der Waals surface area contributed by atoms with Gasteiger partial charge in [0.15, 0.2) is 5.82 Å². The van der Waals surface area contributed by atoms with Gasteiger partial charge >= 0.3 is 0 Å². The van der Waals surface area contributed by atoms with Crippen LogP contribution in [0.3, 0.4) is 0 Å². The highest BCUT2D eigenvalue weighted by molar-refractivity contribution is 6.06. The molecule has 0 bridgehead atoms.